The monoisotopic (exact) mass is 248 g/mol. The molecule has 1 amide bonds. The van der Waals surface area contributed by atoms with Crippen LogP contribution in [-0.2, 0) is 11.3 Å². The molecule has 2 heterocycles. The van der Waals surface area contributed by atoms with Gasteiger partial charge in [0.1, 0.15) is 6.04 Å². The van der Waals surface area contributed by atoms with Crippen LogP contribution in [0, 0.1) is 0 Å². The summed E-state index contributed by atoms with van der Waals surface area (Å²) in [4.78, 5) is 20.6. The van der Waals surface area contributed by atoms with Crippen molar-refractivity contribution in [2.45, 2.75) is 12.6 Å². The van der Waals surface area contributed by atoms with Gasteiger partial charge >= 0.3 is 0 Å². The van der Waals surface area contributed by atoms with Crippen molar-refractivity contribution in [2.24, 2.45) is 0 Å². The average Bonchev–Trinajstić information content (AvgIpc) is 2.39. The molecule has 5 heteroatoms. The molecule has 1 fully saturated rings. The molecule has 1 aliphatic rings. The van der Waals surface area contributed by atoms with E-state index in [9.17, 15) is 4.79 Å². The molecule has 1 aromatic heterocycles. The molecule has 2 rings (SSSR count). The zero-order valence-electron chi connectivity index (χ0n) is 11.0. The molecule has 98 valence electrons. The van der Waals surface area contributed by atoms with Crippen LogP contribution in [0.1, 0.15) is 5.69 Å². The van der Waals surface area contributed by atoms with E-state index in [1.54, 1.807) is 6.20 Å². The highest BCUT2D eigenvalue weighted by atomic mass is 16.2. The van der Waals surface area contributed by atoms with E-state index in [4.69, 9.17) is 0 Å². The van der Waals surface area contributed by atoms with Gasteiger partial charge in [-0.1, -0.05) is 6.07 Å². The summed E-state index contributed by atoms with van der Waals surface area (Å²) < 4.78 is 0. The van der Waals surface area contributed by atoms with Crippen molar-refractivity contribution in [2.75, 3.05) is 33.7 Å². The summed E-state index contributed by atoms with van der Waals surface area (Å²) in [5, 5.41) is 3.08. The Morgan fingerprint density at radius 1 is 1.44 bits per heavy atom. The van der Waals surface area contributed by atoms with Crippen LogP contribution in [0.3, 0.4) is 0 Å². The van der Waals surface area contributed by atoms with Crippen LogP contribution in [0.15, 0.2) is 24.4 Å². The number of carbonyl (C=O) groups excluding carboxylic acids is 1. The fourth-order valence-corrected chi connectivity index (χ4v) is 2.22. The number of piperazine rings is 1. The Balaban J connectivity index is 2.03. The first kappa shape index (κ1) is 13.0. The fraction of sp³-hybridized carbons (Fsp3) is 0.538. The maximum atomic E-state index is 12.3. The Labute approximate surface area is 108 Å². The third kappa shape index (κ3) is 2.86. The van der Waals surface area contributed by atoms with Crippen molar-refractivity contribution < 1.29 is 4.79 Å². The number of carbonyl (C=O) groups is 1. The molecule has 1 atom stereocenters. The van der Waals surface area contributed by atoms with Gasteiger partial charge in [-0.05, 0) is 26.2 Å². The Morgan fingerprint density at radius 3 is 2.94 bits per heavy atom. The number of pyridine rings is 1. The number of nitrogens with one attached hydrogen (secondary N) is 1. The molecular formula is C13H20N4O. The lowest BCUT2D eigenvalue weighted by Crippen LogP contribution is -2.58. The summed E-state index contributed by atoms with van der Waals surface area (Å²) in [6.45, 7) is 2.97. The molecule has 1 aromatic rings. The maximum absolute atomic E-state index is 12.3. The quantitative estimate of drug-likeness (QED) is 0.811. The van der Waals surface area contributed by atoms with Crippen LogP contribution in [-0.4, -0.2) is 60.5 Å². The van der Waals surface area contributed by atoms with Gasteiger partial charge in [0, 0.05) is 25.8 Å². The average molecular weight is 248 g/mol. The summed E-state index contributed by atoms with van der Waals surface area (Å²) in [5.74, 6) is 0.184. The van der Waals surface area contributed by atoms with Gasteiger partial charge < -0.3 is 10.2 Å². The fourth-order valence-electron chi connectivity index (χ4n) is 2.22. The molecule has 0 radical (unpaired) electrons. The molecule has 0 bridgehead atoms. The third-order valence-corrected chi connectivity index (χ3v) is 3.33. The molecule has 18 heavy (non-hydrogen) atoms. The highest BCUT2D eigenvalue weighted by Crippen LogP contribution is 2.11. The van der Waals surface area contributed by atoms with Crippen LogP contribution >= 0.6 is 0 Å². The van der Waals surface area contributed by atoms with E-state index in [2.05, 4.69) is 15.2 Å². The molecule has 1 aliphatic heterocycles. The molecule has 0 spiro atoms. The van der Waals surface area contributed by atoms with Gasteiger partial charge in [0.05, 0.1) is 12.2 Å². The summed E-state index contributed by atoms with van der Waals surface area (Å²) in [6, 6.07) is 5.73. The van der Waals surface area contributed by atoms with E-state index in [1.165, 1.54) is 0 Å². The van der Waals surface area contributed by atoms with Crippen molar-refractivity contribution in [1.82, 2.24) is 20.1 Å². The third-order valence-electron chi connectivity index (χ3n) is 3.33. The summed E-state index contributed by atoms with van der Waals surface area (Å²) in [5.41, 5.74) is 0.943. The van der Waals surface area contributed by atoms with E-state index >= 15 is 0 Å². The minimum absolute atomic E-state index is 0.0625. The second-order valence-corrected chi connectivity index (χ2v) is 4.63. The topological polar surface area (TPSA) is 48.5 Å². The molecule has 0 aliphatic carbocycles. The van der Waals surface area contributed by atoms with Crippen LogP contribution in [0.4, 0.5) is 0 Å². The lowest BCUT2D eigenvalue weighted by atomic mass is 10.1. The van der Waals surface area contributed by atoms with Crippen LogP contribution in [0.5, 0.6) is 0 Å². The minimum Gasteiger partial charge on any atom is -0.334 e. The molecular weight excluding hydrogens is 228 g/mol. The number of amides is 1. The first-order chi connectivity index (χ1) is 8.72. The van der Waals surface area contributed by atoms with Gasteiger partial charge in [-0.15, -0.1) is 0 Å². The normalized spacial score (nSPS) is 21.3. The Morgan fingerprint density at radius 2 is 2.28 bits per heavy atom. The number of likely N-dealkylation sites (N-methyl/N-ethyl adjacent to an activating group) is 2. The number of aromatic nitrogens is 1. The van der Waals surface area contributed by atoms with Crippen LogP contribution < -0.4 is 5.32 Å². The molecule has 0 aromatic carbocycles. The number of rotatable bonds is 4. The van der Waals surface area contributed by atoms with Crippen molar-refractivity contribution in [3.05, 3.63) is 30.1 Å². The largest absolute Gasteiger partial charge is 0.334 e. The SMILES string of the molecule is CNCC1C(=O)N(Cc2ccccn2)CCN1C. The predicted octanol–water partition coefficient (Wildman–Crippen LogP) is -0.0564. The maximum Gasteiger partial charge on any atom is 0.241 e. The second-order valence-electron chi connectivity index (χ2n) is 4.63. The summed E-state index contributed by atoms with van der Waals surface area (Å²) >= 11 is 0. The van der Waals surface area contributed by atoms with Crippen LogP contribution in [0.25, 0.3) is 0 Å². The Hall–Kier alpha value is -1.46. The zero-order valence-corrected chi connectivity index (χ0v) is 11.0. The second kappa shape index (κ2) is 5.93. The molecule has 1 N–H and O–H groups in total. The van der Waals surface area contributed by atoms with Crippen molar-refractivity contribution in [3.8, 4) is 0 Å². The number of hydrogen-bond acceptors (Lipinski definition) is 4. The first-order valence-electron chi connectivity index (χ1n) is 6.26. The van der Waals surface area contributed by atoms with Crippen molar-refractivity contribution in [1.29, 1.82) is 0 Å². The van der Waals surface area contributed by atoms with Gasteiger partial charge in [-0.2, -0.15) is 0 Å². The van der Waals surface area contributed by atoms with E-state index in [-0.39, 0.29) is 11.9 Å². The number of nitrogens with zero attached hydrogens (tertiary/aromatic N) is 3. The van der Waals surface area contributed by atoms with Crippen LogP contribution in [0.2, 0.25) is 0 Å². The Bertz CT molecular complexity index is 395. The van der Waals surface area contributed by atoms with Gasteiger partial charge in [-0.25, -0.2) is 0 Å². The highest BCUT2D eigenvalue weighted by Gasteiger charge is 2.31. The van der Waals surface area contributed by atoms with E-state index in [1.807, 2.05) is 37.2 Å². The Kier molecular flexibility index (Phi) is 4.28. The summed E-state index contributed by atoms with van der Waals surface area (Å²) in [7, 11) is 3.87. The zero-order chi connectivity index (χ0) is 13.0. The van der Waals surface area contributed by atoms with E-state index < -0.39 is 0 Å². The summed E-state index contributed by atoms with van der Waals surface area (Å²) in [6.07, 6.45) is 1.76. The van der Waals surface area contributed by atoms with Crippen molar-refractivity contribution in [3.63, 3.8) is 0 Å². The molecule has 1 unspecified atom stereocenters. The number of hydrogen-bond donors (Lipinski definition) is 1. The minimum atomic E-state index is -0.0625. The molecule has 5 nitrogen and oxygen atoms in total. The lowest BCUT2D eigenvalue weighted by molar-refractivity contribution is -0.141. The van der Waals surface area contributed by atoms with Gasteiger partial charge in [-0.3, -0.25) is 14.7 Å². The lowest BCUT2D eigenvalue weighted by Gasteiger charge is -2.38. The van der Waals surface area contributed by atoms with E-state index in [0.29, 0.717) is 13.1 Å². The van der Waals surface area contributed by atoms with E-state index in [0.717, 1.165) is 18.8 Å². The van der Waals surface area contributed by atoms with Gasteiger partial charge in [0.15, 0.2) is 0 Å². The highest BCUT2D eigenvalue weighted by molar-refractivity contribution is 5.82. The first-order valence-corrected chi connectivity index (χ1v) is 6.26. The standard InChI is InChI=1S/C13H20N4O/c1-14-9-12-13(18)17(8-7-16(12)2)10-11-5-3-4-6-15-11/h3-6,12,14H,7-10H2,1-2H3. The predicted molar refractivity (Wildman–Crippen MR) is 70.0 cm³/mol. The smallest absolute Gasteiger partial charge is 0.241 e. The van der Waals surface area contributed by atoms with Gasteiger partial charge in [0.2, 0.25) is 5.91 Å². The molecule has 0 saturated carbocycles. The van der Waals surface area contributed by atoms with Crippen molar-refractivity contribution >= 4 is 5.91 Å². The molecule has 1 saturated heterocycles. The van der Waals surface area contributed by atoms with Gasteiger partial charge in [0.25, 0.3) is 0 Å².